The van der Waals surface area contributed by atoms with Crippen LogP contribution < -0.4 is 0 Å². The highest BCUT2D eigenvalue weighted by molar-refractivity contribution is 7.99. The summed E-state index contributed by atoms with van der Waals surface area (Å²) in [6.07, 6.45) is 1.58. The van der Waals surface area contributed by atoms with Crippen LogP contribution in [-0.2, 0) is 22.7 Å². The number of nitrogens with zero attached hydrogens (tertiary/aromatic N) is 3. The predicted octanol–water partition coefficient (Wildman–Crippen LogP) is 4.70. The van der Waals surface area contributed by atoms with E-state index in [0.29, 0.717) is 38.9 Å². The minimum Gasteiger partial charge on any atom is -0.461 e. The van der Waals surface area contributed by atoms with Gasteiger partial charge in [0.2, 0.25) is 0 Å². The van der Waals surface area contributed by atoms with Crippen LogP contribution in [-0.4, -0.2) is 26.5 Å². The summed E-state index contributed by atoms with van der Waals surface area (Å²) in [4.78, 5) is 12.0. The summed E-state index contributed by atoms with van der Waals surface area (Å²) >= 11 is 13.4. The van der Waals surface area contributed by atoms with Crippen molar-refractivity contribution in [2.45, 2.75) is 25.2 Å². The second-order valence-electron chi connectivity index (χ2n) is 5.18. The number of ether oxygens (including phenoxy) is 1. The van der Waals surface area contributed by atoms with Crippen molar-refractivity contribution in [2.75, 3.05) is 5.75 Å². The molecule has 0 fully saturated rings. The maximum atomic E-state index is 12.0. The summed E-state index contributed by atoms with van der Waals surface area (Å²) in [7, 11) is 0. The van der Waals surface area contributed by atoms with Gasteiger partial charge in [-0.15, -0.1) is 10.2 Å². The van der Waals surface area contributed by atoms with Crippen molar-refractivity contribution in [1.82, 2.24) is 14.8 Å². The molecule has 0 unspecified atom stereocenters. The zero-order chi connectivity index (χ0) is 18.5. The van der Waals surface area contributed by atoms with E-state index < -0.39 is 5.97 Å². The molecule has 0 amide bonds. The first kappa shape index (κ1) is 18.8. The molecule has 0 aliphatic rings. The van der Waals surface area contributed by atoms with Crippen molar-refractivity contribution < 1.29 is 13.9 Å². The molecule has 0 radical (unpaired) electrons. The van der Waals surface area contributed by atoms with E-state index in [1.54, 1.807) is 30.5 Å². The van der Waals surface area contributed by atoms with E-state index in [-0.39, 0.29) is 12.4 Å². The molecular formula is C17H15Cl2N3O3S. The van der Waals surface area contributed by atoms with Gasteiger partial charge < -0.3 is 9.15 Å². The highest BCUT2D eigenvalue weighted by Gasteiger charge is 2.17. The molecule has 2 heterocycles. The highest BCUT2D eigenvalue weighted by atomic mass is 35.5. The van der Waals surface area contributed by atoms with Crippen molar-refractivity contribution >= 4 is 40.9 Å². The lowest BCUT2D eigenvalue weighted by atomic mass is 10.2. The van der Waals surface area contributed by atoms with E-state index in [1.165, 1.54) is 11.8 Å². The van der Waals surface area contributed by atoms with Crippen LogP contribution in [0.2, 0.25) is 10.0 Å². The summed E-state index contributed by atoms with van der Waals surface area (Å²) < 4.78 is 12.5. The Balaban J connectivity index is 1.60. The Hall–Kier alpha value is -1.96. The van der Waals surface area contributed by atoms with Gasteiger partial charge in [-0.3, -0.25) is 9.36 Å². The van der Waals surface area contributed by atoms with Crippen LogP contribution in [0.5, 0.6) is 0 Å². The summed E-state index contributed by atoms with van der Waals surface area (Å²) in [5.41, 5.74) is 0.589. The lowest BCUT2D eigenvalue weighted by Crippen LogP contribution is -2.09. The molecule has 0 bridgehead atoms. The van der Waals surface area contributed by atoms with Gasteiger partial charge in [0.1, 0.15) is 6.61 Å². The molecule has 0 aliphatic carbocycles. The fourth-order valence-electron chi connectivity index (χ4n) is 2.26. The Kier molecular flexibility index (Phi) is 6.24. The molecule has 0 spiro atoms. The molecular weight excluding hydrogens is 397 g/mol. The van der Waals surface area contributed by atoms with Crippen molar-refractivity contribution in [3.05, 3.63) is 52.2 Å². The summed E-state index contributed by atoms with van der Waals surface area (Å²) in [5, 5.41) is 9.81. The Morgan fingerprint density at radius 3 is 2.65 bits per heavy atom. The lowest BCUT2D eigenvalue weighted by molar-refractivity contribution is -0.141. The predicted molar refractivity (Wildman–Crippen MR) is 100 cm³/mol. The van der Waals surface area contributed by atoms with Crippen LogP contribution in [0.1, 0.15) is 12.5 Å². The quantitative estimate of drug-likeness (QED) is 0.414. The molecule has 6 nitrogen and oxygen atoms in total. The number of furan rings is 1. The van der Waals surface area contributed by atoms with Gasteiger partial charge in [-0.05, 0) is 31.2 Å². The summed E-state index contributed by atoms with van der Waals surface area (Å²) in [6, 6.07) is 8.73. The van der Waals surface area contributed by atoms with E-state index in [0.717, 1.165) is 0 Å². The van der Waals surface area contributed by atoms with Gasteiger partial charge in [-0.25, -0.2) is 0 Å². The number of halogens is 2. The number of rotatable bonds is 7. The third kappa shape index (κ3) is 4.23. The minimum atomic E-state index is -0.392. The van der Waals surface area contributed by atoms with Gasteiger partial charge in [0, 0.05) is 22.2 Å². The first-order chi connectivity index (χ1) is 12.6. The maximum Gasteiger partial charge on any atom is 0.316 e. The van der Waals surface area contributed by atoms with Gasteiger partial charge in [0.25, 0.3) is 0 Å². The SMILES string of the molecule is CCn1c(SCC(=O)OCc2c(Cl)cccc2Cl)nnc1-c1ccco1. The largest absolute Gasteiger partial charge is 0.461 e. The monoisotopic (exact) mass is 411 g/mol. The van der Waals surface area contributed by atoms with Gasteiger partial charge >= 0.3 is 5.97 Å². The average molecular weight is 412 g/mol. The molecule has 0 aliphatic heterocycles. The van der Waals surface area contributed by atoms with Crippen LogP contribution in [0.25, 0.3) is 11.6 Å². The van der Waals surface area contributed by atoms with E-state index in [4.69, 9.17) is 32.4 Å². The minimum absolute atomic E-state index is 0.0238. The highest BCUT2D eigenvalue weighted by Crippen LogP contribution is 2.26. The maximum absolute atomic E-state index is 12.0. The molecule has 0 atom stereocenters. The lowest BCUT2D eigenvalue weighted by Gasteiger charge is -2.08. The van der Waals surface area contributed by atoms with Crippen molar-refractivity contribution in [3.8, 4) is 11.6 Å². The van der Waals surface area contributed by atoms with Crippen LogP contribution in [0.3, 0.4) is 0 Å². The Morgan fingerprint density at radius 1 is 1.23 bits per heavy atom. The molecule has 1 aromatic carbocycles. The molecule has 0 N–H and O–H groups in total. The first-order valence-corrected chi connectivity index (χ1v) is 9.52. The van der Waals surface area contributed by atoms with Gasteiger partial charge in [0.05, 0.1) is 12.0 Å². The van der Waals surface area contributed by atoms with Gasteiger partial charge in [0.15, 0.2) is 16.7 Å². The normalized spacial score (nSPS) is 10.9. The topological polar surface area (TPSA) is 70.2 Å². The summed E-state index contributed by atoms with van der Waals surface area (Å²) in [5.74, 6) is 0.952. The third-order valence-electron chi connectivity index (χ3n) is 3.53. The molecule has 9 heteroatoms. The van der Waals surface area contributed by atoms with E-state index >= 15 is 0 Å². The van der Waals surface area contributed by atoms with Gasteiger partial charge in [-0.2, -0.15) is 0 Å². The van der Waals surface area contributed by atoms with Crippen LogP contribution in [0, 0.1) is 0 Å². The Bertz CT molecular complexity index is 877. The van der Waals surface area contributed by atoms with Crippen molar-refractivity contribution in [2.24, 2.45) is 0 Å². The molecule has 136 valence electrons. The zero-order valence-electron chi connectivity index (χ0n) is 13.8. The number of carbonyl (C=O) groups excluding carboxylic acids is 1. The summed E-state index contributed by atoms with van der Waals surface area (Å²) in [6.45, 7) is 2.64. The number of hydrogen-bond acceptors (Lipinski definition) is 6. The van der Waals surface area contributed by atoms with Gasteiger partial charge in [-0.1, -0.05) is 41.0 Å². The average Bonchev–Trinajstić information content (AvgIpc) is 3.28. The number of hydrogen-bond donors (Lipinski definition) is 0. The molecule has 0 saturated carbocycles. The molecule has 3 rings (SSSR count). The Morgan fingerprint density at radius 2 is 2.00 bits per heavy atom. The zero-order valence-corrected chi connectivity index (χ0v) is 16.1. The van der Waals surface area contributed by atoms with Crippen molar-refractivity contribution in [3.63, 3.8) is 0 Å². The number of thioether (sulfide) groups is 1. The molecule has 3 aromatic rings. The van der Waals surface area contributed by atoms with E-state index in [9.17, 15) is 4.79 Å². The third-order valence-corrected chi connectivity index (χ3v) is 5.18. The molecule has 26 heavy (non-hydrogen) atoms. The molecule has 2 aromatic heterocycles. The van der Waals surface area contributed by atoms with Crippen LogP contribution >= 0.6 is 35.0 Å². The molecule has 0 saturated heterocycles. The smallest absolute Gasteiger partial charge is 0.316 e. The van der Waals surface area contributed by atoms with E-state index in [2.05, 4.69) is 10.2 Å². The van der Waals surface area contributed by atoms with Crippen LogP contribution in [0.15, 0.2) is 46.2 Å². The first-order valence-electron chi connectivity index (χ1n) is 7.78. The number of esters is 1. The second kappa shape index (κ2) is 8.62. The Labute approximate surface area is 164 Å². The number of benzene rings is 1. The number of aromatic nitrogens is 3. The van der Waals surface area contributed by atoms with E-state index in [1.807, 2.05) is 17.6 Å². The van der Waals surface area contributed by atoms with Crippen molar-refractivity contribution in [1.29, 1.82) is 0 Å². The number of carbonyl (C=O) groups is 1. The standard InChI is InChI=1S/C17H15Cl2N3O3S/c1-2-22-16(14-7-4-8-24-14)20-21-17(22)26-10-15(23)25-9-11-12(18)5-3-6-13(11)19/h3-8H,2,9-10H2,1H3. The fourth-order valence-corrected chi connectivity index (χ4v) is 3.56. The fraction of sp³-hybridized carbons (Fsp3) is 0.235. The second-order valence-corrected chi connectivity index (χ2v) is 6.93. The van der Waals surface area contributed by atoms with Crippen LogP contribution in [0.4, 0.5) is 0 Å².